The number of ether oxygens (including phenoxy) is 1. The van der Waals surface area contributed by atoms with Crippen molar-refractivity contribution in [1.82, 2.24) is 10.6 Å². The minimum absolute atomic E-state index is 0.184. The Morgan fingerprint density at radius 3 is 2.85 bits per heavy atom. The molecule has 0 amide bonds. The summed E-state index contributed by atoms with van der Waals surface area (Å²) in [7, 11) is 1.87. The molecule has 0 aromatic rings. The number of nitrogens with one attached hydrogen (secondary N) is 2. The summed E-state index contributed by atoms with van der Waals surface area (Å²) < 4.78 is 5.20. The molecule has 0 atom stereocenters. The van der Waals surface area contributed by atoms with Gasteiger partial charge in [0.15, 0.2) is 0 Å². The quantitative estimate of drug-likeness (QED) is 0.348. The molecule has 0 aromatic carbocycles. The highest BCUT2D eigenvalue weighted by molar-refractivity contribution is 9.09. The van der Waals surface area contributed by atoms with Gasteiger partial charge < -0.3 is 15.4 Å². The Labute approximate surface area is 87.5 Å². The van der Waals surface area contributed by atoms with E-state index in [1.807, 2.05) is 7.05 Å². The monoisotopic (exact) mass is 252 g/mol. The maximum Gasteiger partial charge on any atom is 0.148 e. The summed E-state index contributed by atoms with van der Waals surface area (Å²) in [5.74, 6) is 0.184. The minimum atomic E-state index is 0.184. The minimum Gasteiger partial charge on any atom is -0.380 e. The Hall–Kier alpha value is 0.0300. The second-order valence-corrected chi connectivity index (χ2v) is 3.13. The van der Waals surface area contributed by atoms with Crippen LogP contribution in [0.1, 0.15) is 6.42 Å². The Kier molecular flexibility index (Phi) is 10.1. The first-order valence-corrected chi connectivity index (χ1v) is 5.44. The van der Waals surface area contributed by atoms with Gasteiger partial charge >= 0.3 is 0 Å². The third-order valence-corrected chi connectivity index (χ3v) is 1.83. The number of hydrogen-bond acceptors (Lipinski definition) is 4. The lowest BCUT2D eigenvalue weighted by atomic mass is 10.3. The second kappa shape index (κ2) is 10.1. The normalized spacial score (nSPS) is 10.3. The van der Waals surface area contributed by atoms with E-state index in [2.05, 4.69) is 26.6 Å². The van der Waals surface area contributed by atoms with Gasteiger partial charge in [0.2, 0.25) is 0 Å². The maximum atomic E-state index is 11.1. The van der Waals surface area contributed by atoms with Crippen LogP contribution in [-0.4, -0.2) is 44.6 Å². The number of carbonyl (C=O) groups is 1. The molecule has 5 heteroatoms. The van der Waals surface area contributed by atoms with Gasteiger partial charge in [-0.1, -0.05) is 15.9 Å². The summed E-state index contributed by atoms with van der Waals surface area (Å²) in [4.78, 5) is 11.1. The standard InChI is InChI=1S/C8H17BrN2O2/c1-10-3-5-13-4-2-8(12)6-11-7-9/h10-11H,2-7H2,1H3. The van der Waals surface area contributed by atoms with Gasteiger partial charge in [0.25, 0.3) is 0 Å². The van der Waals surface area contributed by atoms with Crippen molar-refractivity contribution in [2.24, 2.45) is 0 Å². The number of rotatable bonds is 9. The van der Waals surface area contributed by atoms with Crippen LogP contribution in [0.2, 0.25) is 0 Å². The summed E-state index contributed by atoms with van der Waals surface area (Å²) in [6, 6.07) is 0. The Bertz CT molecular complexity index is 133. The Balaban J connectivity index is 3.08. The predicted octanol–water partition coefficient (Wildman–Crippen LogP) is 0.124. The van der Waals surface area contributed by atoms with Gasteiger partial charge in [-0.05, 0) is 7.05 Å². The highest BCUT2D eigenvalue weighted by atomic mass is 79.9. The summed E-state index contributed by atoms with van der Waals surface area (Å²) in [6.07, 6.45) is 0.490. The fourth-order valence-electron chi connectivity index (χ4n) is 0.737. The Morgan fingerprint density at radius 2 is 2.23 bits per heavy atom. The van der Waals surface area contributed by atoms with E-state index in [1.54, 1.807) is 0 Å². The van der Waals surface area contributed by atoms with Crippen LogP contribution in [0.3, 0.4) is 0 Å². The van der Waals surface area contributed by atoms with Gasteiger partial charge in [0, 0.05) is 13.0 Å². The SMILES string of the molecule is CNCCOCCC(=O)CNCBr. The van der Waals surface area contributed by atoms with Gasteiger partial charge in [0.05, 0.1) is 25.2 Å². The van der Waals surface area contributed by atoms with Crippen LogP contribution in [0, 0.1) is 0 Å². The van der Waals surface area contributed by atoms with Crippen LogP contribution < -0.4 is 10.6 Å². The lowest BCUT2D eigenvalue weighted by Crippen LogP contribution is -2.23. The molecule has 0 aliphatic heterocycles. The molecule has 0 bridgehead atoms. The highest BCUT2D eigenvalue weighted by Crippen LogP contribution is 1.85. The highest BCUT2D eigenvalue weighted by Gasteiger charge is 1.99. The van der Waals surface area contributed by atoms with E-state index in [1.165, 1.54) is 0 Å². The first-order valence-electron chi connectivity index (χ1n) is 4.32. The third kappa shape index (κ3) is 9.95. The van der Waals surface area contributed by atoms with E-state index in [9.17, 15) is 4.79 Å². The van der Waals surface area contributed by atoms with Crippen LogP contribution in [0.5, 0.6) is 0 Å². The van der Waals surface area contributed by atoms with Crippen molar-refractivity contribution in [3.63, 3.8) is 0 Å². The number of hydrogen-bond donors (Lipinski definition) is 2. The zero-order valence-corrected chi connectivity index (χ0v) is 9.52. The summed E-state index contributed by atoms with van der Waals surface area (Å²) in [5.41, 5.74) is 0.652. The van der Waals surface area contributed by atoms with Gasteiger partial charge in [-0.3, -0.25) is 4.79 Å². The molecular formula is C8H17BrN2O2. The Morgan fingerprint density at radius 1 is 1.46 bits per heavy atom. The van der Waals surface area contributed by atoms with E-state index < -0.39 is 0 Å². The number of carbonyl (C=O) groups excluding carboxylic acids is 1. The summed E-state index contributed by atoms with van der Waals surface area (Å²) in [5, 5.41) is 5.86. The van der Waals surface area contributed by atoms with Crippen molar-refractivity contribution in [3.8, 4) is 0 Å². The molecule has 0 aromatic heterocycles. The van der Waals surface area contributed by atoms with Crippen molar-refractivity contribution < 1.29 is 9.53 Å². The smallest absolute Gasteiger partial charge is 0.148 e. The van der Waals surface area contributed by atoms with Gasteiger partial charge in [-0.2, -0.15) is 0 Å². The third-order valence-electron chi connectivity index (χ3n) is 1.44. The first-order chi connectivity index (χ1) is 6.31. The molecule has 0 spiro atoms. The van der Waals surface area contributed by atoms with E-state index in [-0.39, 0.29) is 5.78 Å². The van der Waals surface area contributed by atoms with Crippen LogP contribution >= 0.6 is 15.9 Å². The zero-order valence-electron chi connectivity index (χ0n) is 7.94. The van der Waals surface area contributed by atoms with Crippen molar-refractivity contribution in [2.75, 3.05) is 38.8 Å². The number of alkyl halides is 1. The molecule has 2 N–H and O–H groups in total. The molecule has 4 nitrogen and oxygen atoms in total. The summed E-state index contributed by atoms with van der Waals surface area (Å²) in [6.45, 7) is 2.43. The van der Waals surface area contributed by atoms with Crippen LogP contribution in [0.4, 0.5) is 0 Å². The van der Waals surface area contributed by atoms with Crippen molar-refractivity contribution in [1.29, 1.82) is 0 Å². The molecule has 0 rings (SSSR count). The fraction of sp³-hybridized carbons (Fsp3) is 0.875. The lowest BCUT2D eigenvalue weighted by Gasteiger charge is -2.03. The van der Waals surface area contributed by atoms with Gasteiger partial charge in [0.1, 0.15) is 5.78 Å². The van der Waals surface area contributed by atoms with Gasteiger partial charge in [-0.15, -0.1) is 0 Å². The van der Waals surface area contributed by atoms with Crippen LogP contribution in [0.25, 0.3) is 0 Å². The molecule has 13 heavy (non-hydrogen) atoms. The molecule has 0 radical (unpaired) electrons. The van der Waals surface area contributed by atoms with E-state index >= 15 is 0 Å². The first kappa shape index (κ1) is 13.0. The average molecular weight is 253 g/mol. The molecule has 0 fully saturated rings. The molecule has 0 saturated heterocycles. The molecule has 0 unspecified atom stereocenters. The predicted molar refractivity (Wildman–Crippen MR) is 56.2 cm³/mol. The average Bonchev–Trinajstić information content (AvgIpc) is 2.14. The second-order valence-electron chi connectivity index (χ2n) is 2.57. The number of ketones is 1. The molecule has 0 aliphatic carbocycles. The molecular weight excluding hydrogens is 236 g/mol. The zero-order chi connectivity index (χ0) is 9.94. The maximum absolute atomic E-state index is 11.1. The molecule has 0 saturated carbocycles. The number of halogens is 1. The largest absolute Gasteiger partial charge is 0.380 e. The molecule has 0 heterocycles. The number of Topliss-reactive ketones (excluding diaryl/α,β-unsaturated/α-hetero) is 1. The fourth-order valence-corrected chi connectivity index (χ4v) is 0.936. The van der Waals surface area contributed by atoms with Crippen molar-refractivity contribution >= 4 is 21.7 Å². The lowest BCUT2D eigenvalue weighted by molar-refractivity contribution is -0.119. The summed E-state index contributed by atoms with van der Waals surface area (Å²) >= 11 is 3.18. The van der Waals surface area contributed by atoms with Crippen molar-refractivity contribution in [3.05, 3.63) is 0 Å². The molecule has 78 valence electrons. The number of likely N-dealkylation sites (N-methyl/N-ethyl adjacent to an activating group) is 1. The van der Waals surface area contributed by atoms with E-state index in [4.69, 9.17) is 4.74 Å². The van der Waals surface area contributed by atoms with Crippen molar-refractivity contribution in [2.45, 2.75) is 6.42 Å². The van der Waals surface area contributed by atoms with Gasteiger partial charge in [-0.25, -0.2) is 0 Å². The van der Waals surface area contributed by atoms with Crippen LogP contribution in [0.15, 0.2) is 0 Å². The molecule has 0 aliphatic rings. The van der Waals surface area contributed by atoms with E-state index in [0.717, 1.165) is 6.54 Å². The van der Waals surface area contributed by atoms with Crippen LogP contribution in [-0.2, 0) is 9.53 Å². The topological polar surface area (TPSA) is 50.4 Å². The van der Waals surface area contributed by atoms with E-state index in [0.29, 0.717) is 31.6 Å².